The van der Waals surface area contributed by atoms with Crippen molar-refractivity contribution in [2.45, 2.75) is 43.4 Å². The fourth-order valence-corrected chi connectivity index (χ4v) is 10.3. The predicted molar refractivity (Wildman–Crippen MR) is 218 cm³/mol. The maximum atomic E-state index is 2.56. The van der Waals surface area contributed by atoms with Crippen LogP contribution in [0.25, 0.3) is 43.8 Å². The highest BCUT2D eigenvalue weighted by Gasteiger charge is 2.52. The first kappa shape index (κ1) is 29.8. The van der Waals surface area contributed by atoms with Crippen molar-refractivity contribution in [3.05, 3.63) is 198 Å². The Morgan fingerprint density at radius 3 is 1.73 bits per heavy atom. The second-order valence-corrected chi connectivity index (χ2v) is 15.0. The number of hydrogen-bond acceptors (Lipinski definition) is 1. The largest absolute Gasteiger partial charge is 0.310 e. The molecule has 1 fully saturated rings. The van der Waals surface area contributed by atoms with Gasteiger partial charge in [0.25, 0.3) is 0 Å². The Morgan fingerprint density at radius 1 is 0.423 bits per heavy atom. The molecule has 8 aromatic rings. The normalized spacial score (nSPS) is 15.4. The van der Waals surface area contributed by atoms with Crippen molar-refractivity contribution in [2.75, 3.05) is 4.90 Å². The van der Waals surface area contributed by atoms with Gasteiger partial charge >= 0.3 is 0 Å². The zero-order valence-electron chi connectivity index (χ0n) is 29.2. The summed E-state index contributed by atoms with van der Waals surface area (Å²) < 4.78 is 0. The highest BCUT2D eigenvalue weighted by molar-refractivity contribution is 6.16. The molecule has 3 aliphatic rings. The molecule has 0 N–H and O–H groups in total. The molecule has 3 aliphatic carbocycles. The van der Waals surface area contributed by atoms with Gasteiger partial charge in [-0.25, -0.2) is 0 Å². The van der Waals surface area contributed by atoms with Crippen LogP contribution < -0.4 is 4.90 Å². The van der Waals surface area contributed by atoms with Crippen LogP contribution in [0.2, 0.25) is 0 Å². The van der Waals surface area contributed by atoms with Crippen LogP contribution in [0.15, 0.2) is 170 Å². The molecule has 0 saturated heterocycles. The molecule has 0 bridgehead atoms. The van der Waals surface area contributed by atoms with E-state index in [2.05, 4.69) is 175 Å². The van der Waals surface area contributed by atoms with Crippen LogP contribution >= 0.6 is 0 Å². The van der Waals surface area contributed by atoms with Crippen molar-refractivity contribution < 1.29 is 0 Å². The number of benzene rings is 8. The Labute approximate surface area is 305 Å². The van der Waals surface area contributed by atoms with Crippen molar-refractivity contribution in [2.24, 2.45) is 0 Å². The summed E-state index contributed by atoms with van der Waals surface area (Å²) in [4.78, 5) is 2.51. The van der Waals surface area contributed by atoms with Crippen molar-refractivity contribution in [3.8, 4) is 22.3 Å². The van der Waals surface area contributed by atoms with E-state index in [1.54, 1.807) is 0 Å². The molecular formula is C51H39N. The zero-order chi connectivity index (χ0) is 34.2. The molecule has 1 nitrogen and oxygen atoms in total. The first-order valence-corrected chi connectivity index (χ1v) is 19.1. The van der Waals surface area contributed by atoms with Crippen LogP contribution in [0.5, 0.6) is 0 Å². The topological polar surface area (TPSA) is 3.24 Å². The Kier molecular flexibility index (Phi) is 6.61. The van der Waals surface area contributed by atoms with Gasteiger partial charge in [-0.05, 0) is 115 Å². The Bertz CT molecular complexity index is 2620. The highest BCUT2D eigenvalue weighted by Crippen LogP contribution is 2.65. The molecular weight excluding hydrogens is 627 g/mol. The predicted octanol–water partition coefficient (Wildman–Crippen LogP) is 13.9. The second-order valence-electron chi connectivity index (χ2n) is 15.0. The molecule has 8 aromatic carbocycles. The summed E-state index contributed by atoms with van der Waals surface area (Å²) in [5.41, 5.74) is 15.5. The van der Waals surface area contributed by atoms with Crippen molar-refractivity contribution >= 4 is 38.6 Å². The third kappa shape index (κ3) is 4.11. The molecule has 0 aliphatic heterocycles. The van der Waals surface area contributed by atoms with Crippen molar-refractivity contribution in [1.82, 2.24) is 0 Å². The van der Waals surface area contributed by atoms with Crippen LogP contribution in [0.3, 0.4) is 0 Å². The molecule has 52 heavy (non-hydrogen) atoms. The molecule has 0 amide bonds. The van der Waals surface area contributed by atoms with E-state index in [9.17, 15) is 0 Å². The molecule has 1 saturated carbocycles. The number of rotatable bonds is 4. The van der Waals surface area contributed by atoms with Gasteiger partial charge in [-0.1, -0.05) is 159 Å². The standard InChI is InChI=1S/C51H39N/c1-3-15-34(16-4-1)35-27-30-38(31-28-35)52(37-18-5-2-6-19-37)48-33-47-50(43-24-10-9-23-42(43)48)49-39-20-8-7-17-36(39)29-32-46(49)51(47)44-25-13-11-21-40(44)41-22-12-14-26-45(41)51/h2,5-14,17-34H,1,3-4,15-16H2. The average Bonchev–Trinajstić information content (AvgIpc) is 3.70. The van der Waals surface area contributed by atoms with Crippen LogP contribution in [0.4, 0.5) is 17.1 Å². The zero-order valence-corrected chi connectivity index (χ0v) is 29.2. The van der Waals surface area contributed by atoms with Gasteiger partial charge < -0.3 is 4.90 Å². The summed E-state index contributed by atoms with van der Waals surface area (Å²) in [6.45, 7) is 0. The first-order chi connectivity index (χ1) is 25.8. The molecule has 0 aromatic heterocycles. The summed E-state index contributed by atoms with van der Waals surface area (Å²) in [5, 5.41) is 5.15. The Balaban J connectivity index is 1.25. The van der Waals surface area contributed by atoms with Gasteiger partial charge in [-0.3, -0.25) is 0 Å². The summed E-state index contributed by atoms with van der Waals surface area (Å²) in [7, 11) is 0. The van der Waals surface area contributed by atoms with E-state index in [4.69, 9.17) is 0 Å². The number of hydrogen-bond donors (Lipinski definition) is 0. The van der Waals surface area contributed by atoms with E-state index >= 15 is 0 Å². The van der Waals surface area contributed by atoms with Gasteiger partial charge in [0.2, 0.25) is 0 Å². The third-order valence-corrected chi connectivity index (χ3v) is 12.4. The fraction of sp³-hybridized carbons (Fsp3) is 0.137. The van der Waals surface area contributed by atoms with Gasteiger partial charge in [0.15, 0.2) is 0 Å². The number of fused-ring (bicyclic) bond motifs is 14. The maximum absolute atomic E-state index is 2.56. The summed E-state index contributed by atoms with van der Waals surface area (Å²) in [6.07, 6.45) is 6.66. The number of nitrogens with zero attached hydrogens (tertiary/aromatic N) is 1. The van der Waals surface area contributed by atoms with Crippen molar-refractivity contribution in [1.29, 1.82) is 0 Å². The molecule has 11 rings (SSSR count). The van der Waals surface area contributed by atoms with Crippen LogP contribution in [-0.2, 0) is 5.41 Å². The summed E-state index contributed by atoms with van der Waals surface area (Å²) >= 11 is 0. The maximum Gasteiger partial charge on any atom is 0.0726 e. The lowest BCUT2D eigenvalue weighted by Crippen LogP contribution is -2.26. The van der Waals surface area contributed by atoms with Gasteiger partial charge in [-0.15, -0.1) is 0 Å². The summed E-state index contributed by atoms with van der Waals surface area (Å²) in [6, 6.07) is 64.3. The molecule has 0 unspecified atom stereocenters. The Morgan fingerprint density at radius 2 is 1.00 bits per heavy atom. The second kappa shape index (κ2) is 11.6. The minimum absolute atomic E-state index is 0.451. The lowest BCUT2D eigenvalue weighted by atomic mass is 9.70. The smallest absolute Gasteiger partial charge is 0.0726 e. The van der Waals surface area contributed by atoms with Gasteiger partial charge in [0.05, 0.1) is 11.1 Å². The van der Waals surface area contributed by atoms with Crippen LogP contribution in [0.1, 0.15) is 65.8 Å². The van der Waals surface area contributed by atoms with Gasteiger partial charge in [0, 0.05) is 16.8 Å². The number of anilines is 3. The quantitative estimate of drug-likeness (QED) is 0.181. The molecule has 0 atom stereocenters. The van der Waals surface area contributed by atoms with E-state index < -0.39 is 5.41 Å². The van der Waals surface area contributed by atoms with Crippen LogP contribution in [0, 0.1) is 0 Å². The van der Waals surface area contributed by atoms with E-state index in [1.807, 2.05) is 0 Å². The van der Waals surface area contributed by atoms with E-state index in [1.165, 1.54) is 121 Å². The fourth-order valence-electron chi connectivity index (χ4n) is 10.3. The lowest BCUT2D eigenvalue weighted by molar-refractivity contribution is 0.443. The van der Waals surface area contributed by atoms with E-state index in [-0.39, 0.29) is 0 Å². The minimum atomic E-state index is -0.451. The van der Waals surface area contributed by atoms with E-state index in [0.29, 0.717) is 5.92 Å². The first-order valence-electron chi connectivity index (χ1n) is 19.1. The number of para-hydroxylation sites is 1. The van der Waals surface area contributed by atoms with E-state index in [0.717, 1.165) is 0 Å². The highest BCUT2D eigenvalue weighted by atomic mass is 15.1. The van der Waals surface area contributed by atoms with Crippen LogP contribution in [-0.4, -0.2) is 0 Å². The summed E-state index contributed by atoms with van der Waals surface area (Å²) in [5.74, 6) is 0.671. The third-order valence-electron chi connectivity index (χ3n) is 12.4. The molecule has 1 spiro atoms. The average molecular weight is 666 g/mol. The Hall–Kier alpha value is -5.92. The minimum Gasteiger partial charge on any atom is -0.310 e. The molecule has 0 radical (unpaired) electrons. The molecule has 0 heterocycles. The SMILES string of the molecule is c1ccc(N(c2ccc(C3CCCCC3)cc2)c2cc3c(c4ccccc24)-c2c(ccc4ccccc24)C32c3ccccc3-c3ccccc32)cc1. The van der Waals surface area contributed by atoms with Crippen molar-refractivity contribution in [3.63, 3.8) is 0 Å². The van der Waals surface area contributed by atoms with Gasteiger partial charge in [0.1, 0.15) is 0 Å². The lowest BCUT2D eigenvalue weighted by Gasteiger charge is -2.33. The molecule has 1 heteroatoms. The monoisotopic (exact) mass is 665 g/mol. The molecule has 248 valence electrons. The van der Waals surface area contributed by atoms with Gasteiger partial charge in [-0.2, -0.15) is 0 Å².